The summed E-state index contributed by atoms with van der Waals surface area (Å²) in [5.74, 6) is 0. The molecule has 0 N–H and O–H groups in total. The van der Waals surface area contributed by atoms with Crippen molar-refractivity contribution in [3.8, 4) is 0 Å². The van der Waals surface area contributed by atoms with Gasteiger partial charge in [-0.15, -0.1) is 0 Å². The Morgan fingerprint density at radius 3 is 2.48 bits per heavy atom. The molecule has 1 aliphatic carbocycles. The molecule has 2 nitrogen and oxygen atoms in total. The summed E-state index contributed by atoms with van der Waals surface area (Å²) in [7, 11) is 0. The van der Waals surface area contributed by atoms with Crippen LogP contribution in [0.4, 0.5) is 0 Å². The minimum atomic E-state index is -0.0703. The zero-order valence-electron chi connectivity index (χ0n) is 16.7. The predicted octanol–water partition coefficient (Wildman–Crippen LogP) is 5.39. The molecule has 2 aliphatic rings. The van der Waals surface area contributed by atoms with Crippen LogP contribution in [0, 0.1) is 0 Å². The standard InChI is InChI=1S/C25H25N2/c1-15-24(5)17-11-9-10-16-14-20(23(2,3)4)26-18-12-7-8-13-19(18)27(25(15,24)6)22(26)21(16)17/h7-14H,1H2,2-6H3/q+1. The molecule has 0 radical (unpaired) electrons. The second-order valence-corrected chi connectivity index (χ2v) is 9.71. The molecule has 2 aromatic carbocycles. The first-order valence-electron chi connectivity index (χ1n) is 9.84. The van der Waals surface area contributed by atoms with E-state index >= 15 is 0 Å². The highest BCUT2D eigenvalue weighted by Crippen LogP contribution is 2.67. The van der Waals surface area contributed by atoms with Crippen molar-refractivity contribution in [3.05, 3.63) is 71.9 Å². The molecule has 2 aromatic heterocycles. The Labute approximate surface area is 159 Å². The van der Waals surface area contributed by atoms with Crippen molar-refractivity contribution >= 4 is 27.5 Å². The van der Waals surface area contributed by atoms with Gasteiger partial charge in [0.05, 0.1) is 10.8 Å². The SMILES string of the molecule is C=C1C2(C)c3cccc4cc(C(C)(C)C)n5c6ccccc6[n+](c5c34)C12C. The fourth-order valence-corrected chi connectivity index (χ4v) is 5.75. The van der Waals surface area contributed by atoms with E-state index in [1.54, 1.807) is 0 Å². The van der Waals surface area contributed by atoms with E-state index in [0.717, 1.165) is 0 Å². The lowest BCUT2D eigenvalue weighted by molar-refractivity contribution is -0.688. The summed E-state index contributed by atoms with van der Waals surface area (Å²) in [6, 6.07) is 18.1. The van der Waals surface area contributed by atoms with Crippen LogP contribution < -0.4 is 4.57 Å². The maximum Gasteiger partial charge on any atom is 0.296 e. The van der Waals surface area contributed by atoms with Gasteiger partial charge in [-0.25, -0.2) is 4.57 Å². The van der Waals surface area contributed by atoms with Crippen LogP contribution in [-0.4, -0.2) is 4.40 Å². The number of nitrogens with zero attached hydrogens (tertiary/aromatic N) is 2. The maximum absolute atomic E-state index is 4.54. The summed E-state index contributed by atoms with van der Waals surface area (Å²) in [6.07, 6.45) is 0. The fourth-order valence-electron chi connectivity index (χ4n) is 5.75. The topological polar surface area (TPSA) is 8.29 Å². The van der Waals surface area contributed by atoms with Crippen LogP contribution in [0.1, 0.15) is 45.9 Å². The largest absolute Gasteiger partial charge is 0.296 e. The number of hydrogen-bond acceptors (Lipinski definition) is 0. The third-order valence-corrected chi connectivity index (χ3v) is 7.50. The lowest BCUT2D eigenvalue weighted by Gasteiger charge is -2.25. The zero-order valence-corrected chi connectivity index (χ0v) is 16.7. The van der Waals surface area contributed by atoms with Crippen LogP contribution >= 0.6 is 0 Å². The third kappa shape index (κ3) is 1.40. The van der Waals surface area contributed by atoms with E-state index in [1.165, 1.54) is 44.3 Å². The first kappa shape index (κ1) is 15.4. The normalized spacial score (nSPS) is 26.3. The summed E-state index contributed by atoms with van der Waals surface area (Å²) in [5, 5.41) is 2.73. The van der Waals surface area contributed by atoms with Crippen molar-refractivity contribution in [2.45, 2.75) is 51.0 Å². The molecule has 2 atom stereocenters. The van der Waals surface area contributed by atoms with Gasteiger partial charge in [-0.3, -0.25) is 0 Å². The van der Waals surface area contributed by atoms with Crippen molar-refractivity contribution in [1.82, 2.24) is 4.40 Å². The van der Waals surface area contributed by atoms with Gasteiger partial charge in [0.1, 0.15) is 11.2 Å². The van der Waals surface area contributed by atoms with Gasteiger partial charge in [0, 0.05) is 5.41 Å². The summed E-state index contributed by atoms with van der Waals surface area (Å²) >= 11 is 0. The average Bonchev–Trinajstić information content (AvgIpc) is 2.95. The molecular formula is C25H25N2+. The zero-order chi connectivity index (χ0) is 18.9. The van der Waals surface area contributed by atoms with E-state index in [4.69, 9.17) is 0 Å². The Balaban J connectivity index is 2.03. The first-order valence-corrected chi connectivity index (χ1v) is 9.84. The quantitative estimate of drug-likeness (QED) is 0.296. The number of para-hydroxylation sites is 2. The van der Waals surface area contributed by atoms with E-state index in [9.17, 15) is 0 Å². The summed E-state index contributed by atoms with van der Waals surface area (Å²) in [4.78, 5) is 0. The number of pyridine rings is 1. The van der Waals surface area contributed by atoms with Gasteiger partial charge in [-0.05, 0) is 48.6 Å². The third-order valence-electron chi connectivity index (χ3n) is 7.50. The fraction of sp³-hybridized carbons (Fsp3) is 0.320. The second kappa shape index (κ2) is 4.11. The average molecular weight is 353 g/mol. The molecule has 2 heteroatoms. The molecule has 3 heterocycles. The number of benzene rings is 2. The van der Waals surface area contributed by atoms with Crippen molar-refractivity contribution < 1.29 is 4.57 Å². The molecule has 6 rings (SSSR count). The number of hydrogen-bond donors (Lipinski definition) is 0. The summed E-state index contributed by atoms with van der Waals surface area (Å²) in [5.41, 5.74) is 8.00. The molecule has 1 fully saturated rings. The van der Waals surface area contributed by atoms with Crippen molar-refractivity contribution in [3.63, 3.8) is 0 Å². The number of fused-ring (bicyclic) bond motifs is 6. The Morgan fingerprint density at radius 1 is 1.00 bits per heavy atom. The Hall–Kier alpha value is -2.61. The molecule has 0 bridgehead atoms. The van der Waals surface area contributed by atoms with Gasteiger partial charge in [-0.2, -0.15) is 4.40 Å². The Kier molecular flexibility index (Phi) is 2.35. The monoisotopic (exact) mass is 353 g/mol. The van der Waals surface area contributed by atoms with Gasteiger partial charge in [0.25, 0.3) is 5.65 Å². The van der Waals surface area contributed by atoms with E-state index in [1.807, 2.05) is 0 Å². The van der Waals surface area contributed by atoms with Gasteiger partial charge in [-0.1, -0.05) is 57.7 Å². The Bertz CT molecular complexity index is 1350. The highest BCUT2D eigenvalue weighted by molar-refractivity contribution is 6.02. The van der Waals surface area contributed by atoms with Gasteiger partial charge < -0.3 is 0 Å². The van der Waals surface area contributed by atoms with Crippen LogP contribution in [-0.2, 0) is 16.4 Å². The molecular weight excluding hydrogens is 328 g/mol. The molecule has 134 valence electrons. The van der Waals surface area contributed by atoms with Gasteiger partial charge in [0.2, 0.25) is 0 Å². The number of aromatic nitrogens is 2. The Morgan fingerprint density at radius 2 is 1.74 bits per heavy atom. The van der Waals surface area contributed by atoms with Crippen LogP contribution in [0.3, 0.4) is 0 Å². The van der Waals surface area contributed by atoms with Gasteiger partial charge >= 0.3 is 0 Å². The number of rotatable bonds is 0. The molecule has 1 saturated carbocycles. The van der Waals surface area contributed by atoms with Crippen LogP contribution in [0.5, 0.6) is 0 Å². The molecule has 0 saturated heterocycles. The summed E-state index contributed by atoms with van der Waals surface area (Å²) < 4.78 is 5.09. The molecule has 1 aliphatic heterocycles. The lowest BCUT2D eigenvalue weighted by Crippen LogP contribution is -2.51. The van der Waals surface area contributed by atoms with Crippen LogP contribution in [0.15, 0.2) is 60.7 Å². The van der Waals surface area contributed by atoms with Crippen LogP contribution in [0.25, 0.3) is 27.5 Å². The molecule has 0 amide bonds. The predicted molar refractivity (Wildman–Crippen MR) is 111 cm³/mol. The lowest BCUT2D eigenvalue weighted by atomic mass is 9.84. The van der Waals surface area contributed by atoms with Crippen molar-refractivity contribution in [2.75, 3.05) is 0 Å². The highest BCUT2D eigenvalue weighted by atomic mass is 15.2. The summed E-state index contributed by atoms with van der Waals surface area (Å²) in [6.45, 7) is 16.2. The highest BCUT2D eigenvalue weighted by Gasteiger charge is 2.74. The van der Waals surface area contributed by atoms with Crippen LogP contribution in [0.2, 0.25) is 0 Å². The minimum absolute atomic E-state index is 0.00194. The minimum Gasteiger partial charge on any atom is -0.212 e. The number of imidazole rings is 1. The maximum atomic E-state index is 4.54. The van der Waals surface area contributed by atoms with E-state index in [-0.39, 0.29) is 16.4 Å². The molecule has 4 aromatic rings. The molecule has 27 heavy (non-hydrogen) atoms. The second-order valence-electron chi connectivity index (χ2n) is 9.71. The van der Waals surface area contributed by atoms with Gasteiger partial charge in [0.15, 0.2) is 11.0 Å². The smallest absolute Gasteiger partial charge is 0.212 e. The number of allylic oxidation sites excluding steroid dienone is 1. The van der Waals surface area contributed by atoms with E-state index < -0.39 is 0 Å². The molecule has 0 spiro atoms. The molecule has 2 unspecified atom stereocenters. The van der Waals surface area contributed by atoms with E-state index in [2.05, 4.69) is 98.7 Å². The van der Waals surface area contributed by atoms with Crippen molar-refractivity contribution in [2.24, 2.45) is 0 Å². The van der Waals surface area contributed by atoms with Crippen molar-refractivity contribution in [1.29, 1.82) is 0 Å². The first-order chi connectivity index (χ1) is 12.7. The van der Waals surface area contributed by atoms with E-state index in [0.29, 0.717) is 0 Å².